The van der Waals surface area contributed by atoms with Gasteiger partial charge in [0.2, 0.25) is 5.91 Å². The number of hydrogen-bond acceptors (Lipinski definition) is 3. The van der Waals surface area contributed by atoms with E-state index in [1.165, 1.54) is 0 Å². The van der Waals surface area contributed by atoms with Gasteiger partial charge in [-0.2, -0.15) is 0 Å². The summed E-state index contributed by atoms with van der Waals surface area (Å²) in [7, 11) is 0. The number of amides is 2. The third kappa shape index (κ3) is 6.50. The monoisotopic (exact) mass is 382 g/mol. The number of unbranched alkanes of at least 4 members (excludes halogenated alkanes) is 1. The summed E-state index contributed by atoms with van der Waals surface area (Å²) in [6.07, 6.45) is 1.80. The van der Waals surface area contributed by atoms with Crippen LogP contribution in [0, 0.1) is 0 Å². The van der Waals surface area contributed by atoms with Gasteiger partial charge >= 0.3 is 0 Å². The highest BCUT2D eigenvalue weighted by Gasteiger charge is 2.15. The van der Waals surface area contributed by atoms with Gasteiger partial charge in [0.05, 0.1) is 6.42 Å². The number of para-hydroxylation sites is 1. The summed E-state index contributed by atoms with van der Waals surface area (Å²) in [6, 6.07) is 17.0. The summed E-state index contributed by atoms with van der Waals surface area (Å²) in [5.74, 6) is -0.121. The summed E-state index contributed by atoms with van der Waals surface area (Å²) < 4.78 is 5.51. The van der Waals surface area contributed by atoms with Crippen molar-refractivity contribution >= 4 is 23.2 Å². The van der Waals surface area contributed by atoms with E-state index < -0.39 is 6.10 Å². The molecular weight excluding hydrogens is 352 g/mol. The van der Waals surface area contributed by atoms with Crippen LogP contribution in [0.4, 0.5) is 11.4 Å². The van der Waals surface area contributed by atoms with Crippen molar-refractivity contribution in [1.29, 1.82) is 0 Å². The maximum absolute atomic E-state index is 12.7. The highest BCUT2D eigenvalue weighted by Crippen LogP contribution is 2.16. The molecule has 5 nitrogen and oxygen atoms in total. The highest BCUT2D eigenvalue weighted by molar-refractivity contribution is 5.95. The van der Waals surface area contributed by atoms with Crippen molar-refractivity contribution in [2.45, 2.75) is 46.1 Å². The van der Waals surface area contributed by atoms with Crippen LogP contribution in [0.2, 0.25) is 0 Å². The lowest BCUT2D eigenvalue weighted by Crippen LogP contribution is -2.31. The van der Waals surface area contributed by atoms with Gasteiger partial charge in [-0.15, -0.1) is 0 Å². The number of nitrogens with one attached hydrogen (secondary N) is 1. The van der Waals surface area contributed by atoms with Crippen molar-refractivity contribution in [3.8, 4) is 0 Å². The van der Waals surface area contributed by atoms with E-state index in [0.29, 0.717) is 25.3 Å². The standard InChI is InChI=1S/C23H30N2O3/c1-4-6-16-28-18(3)23(27)24-20-14-12-19(13-15-20)17-22(26)25(5-2)21-10-8-7-9-11-21/h7-15,18H,4-6,16-17H2,1-3H3,(H,24,27). The van der Waals surface area contributed by atoms with E-state index in [1.54, 1.807) is 11.8 Å². The fraction of sp³-hybridized carbons (Fsp3) is 0.391. The summed E-state index contributed by atoms with van der Waals surface area (Å²) in [6.45, 7) is 7.00. The van der Waals surface area contributed by atoms with Gasteiger partial charge in [0.25, 0.3) is 5.91 Å². The minimum Gasteiger partial charge on any atom is -0.369 e. The first-order valence-corrected chi connectivity index (χ1v) is 9.92. The topological polar surface area (TPSA) is 58.6 Å². The van der Waals surface area contributed by atoms with Gasteiger partial charge in [-0.05, 0) is 50.1 Å². The Kier molecular flexibility index (Phi) is 8.69. The lowest BCUT2D eigenvalue weighted by molar-refractivity contribution is -0.126. The second-order valence-corrected chi connectivity index (χ2v) is 6.70. The van der Waals surface area contributed by atoms with Gasteiger partial charge in [-0.3, -0.25) is 9.59 Å². The van der Waals surface area contributed by atoms with Crippen LogP contribution < -0.4 is 10.2 Å². The van der Waals surface area contributed by atoms with E-state index >= 15 is 0 Å². The molecule has 2 aromatic carbocycles. The fourth-order valence-corrected chi connectivity index (χ4v) is 2.81. The van der Waals surface area contributed by atoms with E-state index in [9.17, 15) is 9.59 Å². The second-order valence-electron chi connectivity index (χ2n) is 6.70. The molecule has 0 heterocycles. The maximum Gasteiger partial charge on any atom is 0.253 e. The summed E-state index contributed by atoms with van der Waals surface area (Å²) >= 11 is 0. The summed E-state index contributed by atoms with van der Waals surface area (Å²) in [5.41, 5.74) is 2.50. The van der Waals surface area contributed by atoms with Crippen LogP contribution in [-0.4, -0.2) is 31.1 Å². The average Bonchev–Trinajstić information content (AvgIpc) is 2.71. The third-order valence-corrected chi connectivity index (χ3v) is 4.50. The molecule has 2 amide bonds. The number of hydrogen-bond donors (Lipinski definition) is 1. The number of rotatable bonds is 10. The smallest absolute Gasteiger partial charge is 0.253 e. The summed E-state index contributed by atoms with van der Waals surface area (Å²) in [4.78, 5) is 26.6. The van der Waals surface area contributed by atoms with Crippen LogP contribution in [-0.2, 0) is 20.7 Å². The Morgan fingerprint density at radius 1 is 1.04 bits per heavy atom. The van der Waals surface area contributed by atoms with Crippen molar-refractivity contribution in [3.63, 3.8) is 0 Å². The first kappa shape index (κ1) is 21.6. The number of carbonyl (C=O) groups is 2. The lowest BCUT2D eigenvalue weighted by atomic mass is 10.1. The van der Waals surface area contributed by atoms with Crippen molar-refractivity contribution in [2.24, 2.45) is 0 Å². The number of carbonyl (C=O) groups excluding carboxylic acids is 2. The minimum atomic E-state index is -0.489. The lowest BCUT2D eigenvalue weighted by Gasteiger charge is -2.21. The first-order chi connectivity index (χ1) is 13.5. The molecule has 0 fully saturated rings. The molecule has 0 saturated heterocycles. The van der Waals surface area contributed by atoms with Gasteiger partial charge in [0, 0.05) is 24.5 Å². The van der Waals surface area contributed by atoms with E-state index in [2.05, 4.69) is 12.2 Å². The maximum atomic E-state index is 12.7. The molecule has 0 aliphatic rings. The number of nitrogens with zero attached hydrogens (tertiary/aromatic N) is 1. The number of likely N-dealkylation sites (N-methyl/N-ethyl adjacent to an activating group) is 1. The molecule has 1 N–H and O–H groups in total. The molecular formula is C23H30N2O3. The van der Waals surface area contributed by atoms with Crippen LogP contribution >= 0.6 is 0 Å². The quantitative estimate of drug-likeness (QED) is 0.619. The number of benzene rings is 2. The normalized spacial score (nSPS) is 11.7. The molecule has 0 bridgehead atoms. The molecule has 2 rings (SSSR count). The predicted molar refractivity (Wildman–Crippen MR) is 114 cm³/mol. The molecule has 28 heavy (non-hydrogen) atoms. The molecule has 1 unspecified atom stereocenters. The Bertz CT molecular complexity index is 744. The van der Waals surface area contributed by atoms with Crippen LogP contribution in [0.1, 0.15) is 39.2 Å². The first-order valence-electron chi connectivity index (χ1n) is 9.92. The minimum absolute atomic E-state index is 0.0448. The molecule has 150 valence electrons. The molecule has 0 aliphatic heterocycles. The zero-order chi connectivity index (χ0) is 20.4. The van der Waals surface area contributed by atoms with Crippen molar-refractivity contribution < 1.29 is 14.3 Å². The predicted octanol–water partition coefficient (Wildman–Crippen LogP) is 4.43. The molecule has 0 saturated carbocycles. The molecule has 1 atom stereocenters. The number of anilines is 2. The summed E-state index contributed by atoms with van der Waals surface area (Å²) in [5, 5.41) is 2.85. The van der Waals surface area contributed by atoms with Gasteiger partial charge in [0.15, 0.2) is 0 Å². The molecule has 0 aliphatic carbocycles. The Morgan fingerprint density at radius 3 is 2.32 bits per heavy atom. The van der Waals surface area contributed by atoms with E-state index in [4.69, 9.17) is 4.74 Å². The van der Waals surface area contributed by atoms with E-state index in [0.717, 1.165) is 24.1 Å². The Balaban J connectivity index is 1.91. The second kappa shape index (κ2) is 11.2. The van der Waals surface area contributed by atoms with Gasteiger partial charge in [-0.1, -0.05) is 43.7 Å². The average molecular weight is 383 g/mol. The van der Waals surface area contributed by atoms with Crippen LogP contribution in [0.5, 0.6) is 0 Å². The zero-order valence-corrected chi connectivity index (χ0v) is 17.0. The largest absolute Gasteiger partial charge is 0.369 e. The van der Waals surface area contributed by atoms with Crippen LogP contribution in [0.25, 0.3) is 0 Å². The van der Waals surface area contributed by atoms with E-state index in [1.807, 2.05) is 61.5 Å². The SMILES string of the molecule is CCCCOC(C)C(=O)Nc1ccc(CC(=O)N(CC)c2ccccc2)cc1. The zero-order valence-electron chi connectivity index (χ0n) is 17.0. The third-order valence-electron chi connectivity index (χ3n) is 4.50. The molecule has 2 aromatic rings. The molecule has 0 spiro atoms. The molecule has 0 radical (unpaired) electrons. The highest BCUT2D eigenvalue weighted by atomic mass is 16.5. The molecule has 0 aromatic heterocycles. The van der Waals surface area contributed by atoms with Crippen molar-refractivity contribution in [3.05, 3.63) is 60.2 Å². The van der Waals surface area contributed by atoms with Gasteiger partial charge in [0.1, 0.15) is 6.10 Å². The Morgan fingerprint density at radius 2 is 1.71 bits per heavy atom. The van der Waals surface area contributed by atoms with Crippen LogP contribution in [0.3, 0.4) is 0 Å². The van der Waals surface area contributed by atoms with Crippen molar-refractivity contribution in [2.75, 3.05) is 23.4 Å². The van der Waals surface area contributed by atoms with Gasteiger partial charge < -0.3 is 15.0 Å². The van der Waals surface area contributed by atoms with Crippen molar-refractivity contribution in [1.82, 2.24) is 0 Å². The van der Waals surface area contributed by atoms with E-state index in [-0.39, 0.29) is 11.8 Å². The van der Waals surface area contributed by atoms with Gasteiger partial charge in [-0.25, -0.2) is 0 Å². The van der Waals surface area contributed by atoms with Crippen LogP contribution in [0.15, 0.2) is 54.6 Å². The Labute approximate surface area is 167 Å². The number of ether oxygens (including phenoxy) is 1. The Hall–Kier alpha value is -2.66. The fourth-order valence-electron chi connectivity index (χ4n) is 2.81. The molecule has 5 heteroatoms.